The summed E-state index contributed by atoms with van der Waals surface area (Å²) in [5, 5.41) is 0. The molecule has 0 aromatic heterocycles. The van der Waals surface area contributed by atoms with Gasteiger partial charge in [0.25, 0.3) is 0 Å². The molecule has 69 valence electrons. The number of carbonyl (C=O) groups excluding carboxylic acids is 1. The molecule has 0 heterocycles. The second-order valence-corrected chi connectivity index (χ2v) is 2.18. The summed E-state index contributed by atoms with van der Waals surface area (Å²) in [6.07, 6.45) is -4.52. The van der Waals surface area contributed by atoms with E-state index in [1.165, 1.54) is 12.1 Å². The smallest absolute Gasteiger partial charge is 0.417 e. The quantitative estimate of drug-likeness (QED) is 0.712. The first kappa shape index (κ1) is 9.57. The molecule has 0 fully saturated rings. The van der Waals surface area contributed by atoms with Gasteiger partial charge in [-0.3, -0.25) is 0 Å². The van der Waals surface area contributed by atoms with Crippen molar-refractivity contribution >= 4 is 6.47 Å². The van der Waals surface area contributed by atoms with E-state index in [0.29, 0.717) is 0 Å². The van der Waals surface area contributed by atoms with Crippen molar-refractivity contribution in [3.05, 3.63) is 29.8 Å². The molecule has 5 heteroatoms. The monoisotopic (exact) mass is 189 g/mol. The van der Waals surface area contributed by atoms with Gasteiger partial charge in [-0.1, -0.05) is 12.1 Å². The van der Waals surface area contributed by atoms with Gasteiger partial charge in [-0.25, -0.2) is 4.79 Å². The molecule has 0 N–H and O–H groups in total. The fraction of sp³-hybridized carbons (Fsp3) is 0.125. The van der Waals surface area contributed by atoms with Crippen molar-refractivity contribution < 1.29 is 22.7 Å². The number of hydrogen-bond acceptors (Lipinski definition) is 2. The van der Waals surface area contributed by atoms with E-state index in [9.17, 15) is 18.0 Å². The highest BCUT2D eigenvalue weighted by Gasteiger charge is 2.34. The third-order valence-corrected chi connectivity index (χ3v) is 1.34. The Kier molecular flexibility index (Phi) is 2.55. The van der Waals surface area contributed by atoms with Gasteiger partial charge in [0.05, 0.1) is 5.56 Å². The van der Waals surface area contributed by atoms with Crippen LogP contribution in [-0.2, 0) is 11.0 Å². The Morgan fingerprint density at radius 3 is 2.38 bits per heavy atom. The minimum Gasteiger partial charge on any atom is -0.417 e. The highest BCUT2D eigenvalue weighted by atomic mass is 19.4. The molecule has 0 saturated heterocycles. The number of rotatable bonds is 2. The Bertz CT molecular complexity index is 307. The minimum absolute atomic E-state index is 0.537. The maximum atomic E-state index is 12.2. The van der Waals surface area contributed by atoms with E-state index in [0.717, 1.165) is 18.6 Å². The molecule has 1 rings (SSSR count). The molecule has 1 radical (unpaired) electrons. The maximum Gasteiger partial charge on any atom is 0.423 e. The summed E-state index contributed by atoms with van der Waals surface area (Å²) in [6, 6.07) is 4.42. The zero-order valence-electron chi connectivity index (χ0n) is 6.26. The van der Waals surface area contributed by atoms with Gasteiger partial charge in [-0.05, 0) is 12.1 Å². The van der Waals surface area contributed by atoms with Crippen LogP contribution in [0.25, 0.3) is 0 Å². The average Bonchev–Trinajstić information content (AvgIpc) is 2.04. The SMILES string of the molecule is O=[C]Oc1ccccc1C(F)(F)F. The second kappa shape index (κ2) is 3.47. The van der Waals surface area contributed by atoms with Crippen molar-refractivity contribution in [2.24, 2.45) is 0 Å². The Labute approximate surface area is 71.9 Å². The first-order valence-electron chi connectivity index (χ1n) is 3.26. The lowest BCUT2D eigenvalue weighted by atomic mass is 10.2. The first-order chi connectivity index (χ1) is 6.05. The van der Waals surface area contributed by atoms with Crippen LogP contribution in [0.1, 0.15) is 5.56 Å². The van der Waals surface area contributed by atoms with E-state index in [2.05, 4.69) is 4.74 Å². The maximum absolute atomic E-state index is 12.2. The summed E-state index contributed by atoms with van der Waals surface area (Å²) in [5.74, 6) is -0.537. The minimum atomic E-state index is -4.52. The normalized spacial score (nSPS) is 11.0. The zero-order valence-corrected chi connectivity index (χ0v) is 6.26. The van der Waals surface area contributed by atoms with E-state index in [1.54, 1.807) is 0 Å². The summed E-state index contributed by atoms with van der Waals surface area (Å²) in [4.78, 5) is 9.74. The van der Waals surface area contributed by atoms with Gasteiger partial charge in [0.2, 0.25) is 0 Å². The van der Waals surface area contributed by atoms with Crippen molar-refractivity contribution in [2.75, 3.05) is 0 Å². The summed E-state index contributed by atoms with van der Waals surface area (Å²) in [6.45, 7) is 0.946. The predicted octanol–water partition coefficient (Wildman–Crippen LogP) is 2.15. The van der Waals surface area contributed by atoms with Crippen molar-refractivity contribution in [1.82, 2.24) is 0 Å². The van der Waals surface area contributed by atoms with Crippen molar-refractivity contribution in [1.29, 1.82) is 0 Å². The van der Waals surface area contributed by atoms with E-state index in [-0.39, 0.29) is 0 Å². The van der Waals surface area contributed by atoms with Crippen LogP contribution in [0.5, 0.6) is 5.75 Å². The fourth-order valence-corrected chi connectivity index (χ4v) is 0.835. The molecular formula is C8H4F3O2. The molecule has 0 amide bonds. The molecule has 0 aliphatic carbocycles. The van der Waals surface area contributed by atoms with Crippen LogP contribution in [0.4, 0.5) is 13.2 Å². The van der Waals surface area contributed by atoms with Crippen LogP contribution in [0.3, 0.4) is 0 Å². The van der Waals surface area contributed by atoms with Crippen LogP contribution >= 0.6 is 0 Å². The molecule has 1 aromatic carbocycles. The first-order valence-corrected chi connectivity index (χ1v) is 3.26. The van der Waals surface area contributed by atoms with Crippen LogP contribution in [0.2, 0.25) is 0 Å². The van der Waals surface area contributed by atoms with E-state index >= 15 is 0 Å². The van der Waals surface area contributed by atoms with Crippen LogP contribution in [0, 0.1) is 0 Å². The Balaban J connectivity index is 3.11. The number of halogens is 3. The van der Waals surface area contributed by atoms with E-state index < -0.39 is 17.5 Å². The van der Waals surface area contributed by atoms with Gasteiger partial charge < -0.3 is 4.74 Å². The number of para-hydroxylation sites is 1. The third-order valence-electron chi connectivity index (χ3n) is 1.34. The van der Waals surface area contributed by atoms with Crippen molar-refractivity contribution in [3.8, 4) is 5.75 Å². The molecule has 0 bridgehead atoms. The van der Waals surface area contributed by atoms with E-state index in [1.807, 2.05) is 0 Å². The van der Waals surface area contributed by atoms with Crippen LogP contribution in [0.15, 0.2) is 24.3 Å². The molecule has 0 unspecified atom stereocenters. The van der Waals surface area contributed by atoms with Crippen LogP contribution < -0.4 is 4.74 Å². The van der Waals surface area contributed by atoms with Gasteiger partial charge in [-0.15, -0.1) is 0 Å². The highest BCUT2D eigenvalue weighted by molar-refractivity contribution is 5.49. The fourth-order valence-electron chi connectivity index (χ4n) is 0.835. The Morgan fingerprint density at radius 2 is 1.85 bits per heavy atom. The van der Waals surface area contributed by atoms with Gasteiger partial charge in [0.1, 0.15) is 5.75 Å². The second-order valence-electron chi connectivity index (χ2n) is 2.18. The van der Waals surface area contributed by atoms with Gasteiger partial charge in [-0.2, -0.15) is 13.2 Å². The van der Waals surface area contributed by atoms with Crippen LogP contribution in [-0.4, -0.2) is 6.47 Å². The summed E-state index contributed by atoms with van der Waals surface area (Å²) >= 11 is 0. The van der Waals surface area contributed by atoms with Crippen molar-refractivity contribution in [2.45, 2.75) is 6.18 Å². The number of hydrogen-bond donors (Lipinski definition) is 0. The molecule has 0 saturated carbocycles. The predicted molar refractivity (Wildman–Crippen MR) is 37.8 cm³/mol. The number of ether oxygens (including phenoxy) is 1. The van der Waals surface area contributed by atoms with Gasteiger partial charge in [0, 0.05) is 0 Å². The summed E-state index contributed by atoms with van der Waals surface area (Å²) in [5.41, 5.74) is -0.988. The molecule has 2 nitrogen and oxygen atoms in total. The standard InChI is InChI=1S/C8H4F3O2/c9-8(10,11)6-3-1-2-4-7(6)13-5-12/h1-4H. The molecule has 0 spiro atoms. The zero-order chi connectivity index (χ0) is 9.90. The molecule has 13 heavy (non-hydrogen) atoms. The van der Waals surface area contributed by atoms with Gasteiger partial charge >= 0.3 is 12.6 Å². The molecule has 1 aromatic rings. The average molecular weight is 189 g/mol. The molecule has 0 aliphatic rings. The molecule has 0 atom stereocenters. The van der Waals surface area contributed by atoms with E-state index in [4.69, 9.17) is 0 Å². The lowest BCUT2D eigenvalue weighted by molar-refractivity contribution is -0.138. The topological polar surface area (TPSA) is 26.3 Å². The third kappa shape index (κ3) is 2.21. The van der Waals surface area contributed by atoms with Crippen molar-refractivity contribution in [3.63, 3.8) is 0 Å². The summed E-state index contributed by atoms with van der Waals surface area (Å²) in [7, 11) is 0. The van der Waals surface area contributed by atoms with Gasteiger partial charge in [0.15, 0.2) is 0 Å². The Hall–Kier alpha value is -1.52. The molecular weight excluding hydrogens is 185 g/mol. The number of benzene rings is 1. The highest BCUT2D eigenvalue weighted by Crippen LogP contribution is 2.35. The lowest BCUT2D eigenvalue weighted by Gasteiger charge is -2.09. The largest absolute Gasteiger partial charge is 0.423 e. The molecule has 0 aliphatic heterocycles. The Morgan fingerprint density at radius 1 is 1.23 bits per heavy atom. The number of alkyl halides is 3. The summed E-state index contributed by atoms with van der Waals surface area (Å²) < 4.78 is 40.5. The lowest BCUT2D eigenvalue weighted by Crippen LogP contribution is -2.07.